The lowest BCUT2D eigenvalue weighted by molar-refractivity contribution is 0.146. The highest BCUT2D eigenvalue weighted by Crippen LogP contribution is 2.31. The van der Waals surface area contributed by atoms with Crippen molar-refractivity contribution in [2.24, 2.45) is 0 Å². The van der Waals surface area contributed by atoms with Crippen molar-refractivity contribution < 1.29 is 13.5 Å². The van der Waals surface area contributed by atoms with Gasteiger partial charge in [-0.1, -0.05) is 11.6 Å². The quantitative estimate of drug-likeness (QED) is 0.693. The van der Waals surface area contributed by atoms with Crippen LogP contribution in [0.5, 0.6) is 5.75 Å². The maximum Gasteiger partial charge on any atom is 0.280 e. The minimum atomic E-state index is -2.71. The third kappa shape index (κ3) is 3.84. The molecule has 25 heavy (non-hydrogen) atoms. The summed E-state index contributed by atoms with van der Waals surface area (Å²) >= 11 is 5.99. The van der Waals surface area contributed by atoms with Crippen LogP contribution in [-0.2, 0) is 12.1 Å². The Balaban J connectivity index is 1.92. The Hall–Kier alpha value is -2.35. The van der Waals surface area contributed by atoms with Gasteiger partial charge in [0.2, 0.25) is 5.82 Å². The molecule has 0 bridgehead atoms. The first-order chi connectivity index (χ1) is 11.7. The molecule has 0 spiro atoms. The van der Waals surface area contributed by atoms with Gasteiger partial charge in [-0.05, 0) is 44.2 Å². The highest BCUT2D eigenvalue weighted by molar-refractivity contribution is 6.31. The van der Waals surface area contributed by atoms with Gasteiger partial charge in [0, 0.05) is 16.5 Å². The molecule has 3 aromatic rings. The molecule has 0 aliphatic carbocycles. The molecule has 0 amide bonds. The van der Waals surface area contributed by atoms with Crippen LogP contribution < -0.4 is 4.74 Å². The summed E-state index contributed by atoms with van der Waals surface area (Å²) < 4.78 is 31.8. The first kappa shape index (κ1) is 17.5. The summed E-state index contributed by atoms with van der Waals surface area (Å²) in [7, 11) is 0. The molecule has 132 valence electrons. The predicted octanol–water partition coefficient (Wildman–Crippen LogP) is 4.15. The molecule has 2 aromatic heterocycles. The van der Waals surface area contributed by atoms with Gasteiger partial charge in [0.15, 0.2) is 6.61 Å². The normalized spacial score (nSPS) is 12.1. The van der Waals surface area contributed by atoms with E-state index < -0.39 is 6.43 Å². The van der Waals surface area contributed by atoms with Crippen LogP contribution in [0.1, 0.15) is 38.7 Å². The van der Waals surface area contributed by atoms with Gasteiger partial charge in [0.25, 0.3) is 6.43 Å². The summed E-state index contributed by atoms with van der Waals surface area (Å²) in [5.74, 6) is 0.593. The molecule has 0 N–H and O–H groups in total. The number of pyridine rings is 1. The molecule has 0 atom stereocenters. The van der Waals surface area contributed by atoms with Crippen LogP contribution in [0.25, 0.3) is 10.9 Å². The summed E-state index contributed by atoms with van der Waals surface area (Å²) in [4.78, 5) is 5.40. The topological polar surface area (TPSA) is 65.7 Å². The molecule has 0 saturated carbocycles. The van der Waals surface area contributed by atoms with E-state index in [2.05, 4.69) is 20.4 Å². The van der Waals surface area contributed by atoms with Gasteiger partial charge in [-0.2, -0.15) is 4.80 Å². The Morgan fingerprint density at radius 2 is 2.00 bits per heavy atom. The zero-order valence-corrected chi connectivity index (χ0v) is 14.6. The lowest BCUT2D eigenvalue weighted by Gasteiger charge is -2.15. The van der Waals surface area contributed by atoms with Gasteiger partial charge < -0.3 is 4.74 Å². The summed E-state index contributed by atoms with van der Waals surface area (Å²) in [6.45, 7) is 5.80. The summed E-state index contributed by atoms with van der Waals surface area (Å²) in [5, 5.41) is 13.1. The third-order valence-corrected chi connectivity index (χ3v) is 3.62. The second-order valence-corrected chi connectivity index (χ2v) is 6.90. The average Bonchev–Trinajstić information content (AvgIpc) is 3.01. The number of rotatable bonds is 4. The van der Waals surface area contributed by atoms with Crippen LogP contribution in [0.4, 0.5) is 8.78 Å². The van der Waals surface area contributed by atoms with Gasteiger partial charge in [-0.3, -0.25) is 0 Å². The van der Waals surface area contributed by atoms with E-state index in [0.717, 1.165) is 0 Å². The number of ether oxygens (including phenoxy) is 1. The van der Waals surface area contributed by atoms with E-state index in [1.165, 1.54) is 10.9 Å². The van der Waals surface area contributed by atoms with Crippen molar-refractivity contribution in [2.45, 2.75) is 39.3 Å². The maximum absolute atomic E-state index is 13.1. The summed E-state index contributed by atoms with van der Waals surface area (Å²) in [5.41, 5.74) is -0.301. The number of alkyl halides is 2. The van der Waals surface area contributed by atoms with E-state index >= 15 is 0 Å². The number of hydrogen-bond acceptors (Lipinski definition) is 5. The summed E-state index contributed by atoms with van der Waals surface area (Å²) in [6, 6.07) is 5.99. The molecule has 9 heteroatoms. The van der Waals surface area contributed by atoms with Gasteiger partial charge in [-0.15, -0.1) is 10.2 Å². The summed E-state index contributed by atoms with van der Waals surface area (Å²) in [6.07, 6.45) is -2.71. The van der Waals surface area contributed by atoms with Gasteiger partial charge >= 0.3 is 0 Å². The zero-order chi connectivity index (χ0) is 18.2. The molecule has 1 aromatic carbocycles. The molecule has 2 heterocycles. The standard InChI is InChI=1S/C16H16ClF2N5O/c1-16(2,3)24-22-14(21-23-24)8-25-13-7-12(15(18)19)20-11-5-4-9(17)6-10(11)13/h4-7,15H,8H2,1-3H3. The molecule has 0 aliphatic rings. The van der Waals surface area contributed by atoms with Crippen molar-refractivity contribution in [3.63, 3.8) is 0 Å². The second-order valence-electron chi connectivity index (χ2n) is 6.46. The number of benzene rings is 1. The number of aromatic nitrogens is 5. The molecule has 6 nitrogen and oxygen atoms in total. The Labute approximate surface area is 147 Å². The molecule has 0 fully saturated rings. The fourth-order valence-corrected chi connectivity index (χ4v) is 2.32. The van der Waals surface area contributed by atoms with Crippen molar-refractivity contribution in [3.8, 4) is 5.75 Å². The Kier molecular flexibility index (Phi) is 4.55. The highest BCUT2D eigenvalue weighted by Gasteiger charge is 2.18. The molecule has 0 unspecified atom stereocenters. The molecule has 0 aliphatic heterocycles. The fraction of sp³-hybridized carbons (Fsp3) is 0.375. The smallest absolute Gasteiger partial charge is 0.280 e. The van der Waals surface area contributed by atoms with Crippen molar-refractivity contribution in [3.05, 3.63) is 40.8 Å². The second kappa shape index (κ2) is 6.51. The maximum atomic E-state index is 13.1. The monoisotopic (exact) mass is 367 g/mol. The van der Waals surface area contributed by atoms with Crippen LogP contribution in [0.3, 0.4) is 0 Å². The Morgan fingerprint density at radius 3 is 2.64 bits per heavy atom. The van der Waals surface area contributed by atoms with E-state index in [1.54, 1.807) is 18.2 Å². The lowest BCUT2D eigenvalue weighted by atomic mass is 10.1. The van der Waals surface area contributed by atoms with Crippen molar-refractivity contribution in [1.82, 2.24) is 25.2 Å². The fourth-order valence-electron chi connectivity index (χ4n) is 2.15. The molecular weight excluding hydrogens is 352 g/mol. The molecular formula is C16H16ClF2N5O. The van der Waals surface area contributed by atoms with E-state index in [4.69, 9.17) is 16.3 Å². The Bertz CT molecular complexity index is 907. The van der Waals surface area contributed by atoms with Crippen LogP contribution in [0.15, 0.2) is 24.3 Å². The zero-order valence-electron chi connectivity index (χ0n) is 13.9. The number of hydrogen-bond donors (Lipinski definition) is 0. The Morgan fingerprint density at radius 1 is 1.24 bits per heavy atom. The van der Waals surface area contributed by atoms with Gasteiger partial charge in [0.1, 0.15) is 11.4 Å². The number of halogens is 3. The number of fused-ring (bicyclic) bond motifs is 1. The molecule has 0 radical (unpaired) electrons. The van der Waals surface area contributed by atoms with E-state index in [0.29, 0.717) is 21.7 Å². The van der Waals surface area contributed by atoms with Crippen molar-refractivity contribution >= 4 is 22.5 Å². The first-order valence-corrected chi connectivity index (χ1v) is 7.92. The minimum Gasteiger partial charge on any atom is -0.485 e. The third-order valence-electron chi connectivity index (χ3n) is 3.39. The van der Waals surface area contributed by atoms with E-state index in [9.17, 15) is 8.78 Å². The van der Waals surface area contributed by atoms with E-state index in [1.807, 2.05) is 20.8 Å². The highest BCUT2D eigenvalue weighted by atomic mass is 35.5. The van der Waals surface area contributed by atoms with Crippen LogP contribution in [-0.4, -0.2) is 25.2 Å². The molecule has 0 saturated heterocycles. The minimum absolute atomic E-state index is 0.00954. The SMILES string of the molecule is CC(C)(C)n1nnc(COc2cc(C(F)F)nc3ccc(Cl)cc23)n1. The predicted molar refractivity (Wildman–Crippen MR) is 88.9 cm³/mol. The largest absolute Gasteiger partial charge is 0.485 e. The lowest BCUT2D eigenvalue weighted by Crippen LogP contribution is -2.24. The van der Waals surface area contributed by atoms with Crippen molar-refractivity contribution in [1.29, 1.82) is 0 Å². The average molecular weight is 368 g/mol. The van der Waals surface area contributed by atoms with Gasteiger partial charge in [0.05, 0.1) is 11.1 Å². The first-order valence-electron chi connectivity index (χ1n) is 7.54. The molecule has 3 rings (SSSR count). The number of tetrazole rings is 1. The van der Waals surface area contributed by atoms with E-state index in [-0.39, 0.29) is 23.6 Å². The van der Waals surface area contributed by atoms with Crippen LogP contribution in [0.2, 0.25) is 5.02 Å². The number of nitrogens with zero attached hydrogens (tertiary/aromatic N) is 5. The van der Waals surface area contributed by atoms with Crippen LogP contribution in [0, 0.1) is 0 Å². The van der Waals surface area contributed by atoms with Crippen LogP contribution >= 0.6 is 11.6 Å². The van der Waals surface area contributed by atoms with Crippen molar-refractivity contribution in [2.75, 3.05) is 0 Å². The van der Waals surface area contributed by atoms with Gasteiger partial charge in [-0.25, -0.2) is 13.8 Å².